The van der Waals surface area contributed by atoms with Crippen LogP contribution >= 0.6 is 0 Å². The lowest BCUT2D eigenvalue weighted by Gasteiger charge is -2.02. The Morgan fingerprint density at radius 1 is 1.32 bits per heavy atom. The molecule has 0 amide bonds. The van der Waals surface area contributed by atoms with E-state index in [1.165, 1.54) is 6.07 Å². The number of nitrogens with one attached hydrogen (secondary N) is 1. The molecule has 3 N–H and O–H groups in total. The Morgan fingerprint density at radius 3 is 2.58 bits per heavy atom. The van der Waals surface area contributed by atoms with E-state index in [2.05, 4.69) is 9.88 Å². The monoisotopic (exact) mass is 285 g/mol. The molecule has 7 nitrogen and oxygen atoms in total. The van der Waals surface area contributed by atoms with Crippen LogP contribution in [0.1, 0.15) is 23.0 Å². The van der Waals surface area contributed by atoms with E-state index in [4.69, 9.17) is 14.7 Å². The molecule has 2 aromatic rings. The van der Waals surface area contributed by atoms with Gasteiger partial charge in [-0.25, -0.2) is 13.1 Å². The van der Waals surface area contributed by atoms with E-state index in [1.54, 1.807) is 19.9 Å². The number of furan rings is 1. The normalized spacial score (nSPS) is 11.9. The summed E-state index contributed by atoms with van der Waals surface area (Å²) in [5.74, 6) is 1.18. The van der Waals surface area contributed by atoms with Gasteiger partial charge in [0.05, 0.1) is 18.8 Å². The lowest BCUT2D eigenvalue weighted by atomic mass is 10.4. The number of nitrogens with two attached hydrogens (primary N) is 1. The average Bonchev–Trinajstić information content (AvgIpc) is 2.93. The molecule has 0 unspecified atom stereocenters. The molecule has 0 bridgehead atoms. The first kappa shape index (κ1) is 13.8. The molecule has 2 rings (SSSR count). The minimum atomic E-state index is -3.66. The van der Waals surface area contributed by atoms with Crippen molar-refractivity contribution in [2.45, 2.75) is 31.8 Å². The van der Waals surface area contributed by atoms with E-state index >= 15 is 0 Å². The van der Waals surface area contributed by atoms with Gasteiger partial charge in [0.25, 0.3) is 0 Å². The lowest BCUT2D eigenvalue weighted by Crippen LogP contribution is -2.23. The zero-order valence-electron chi connectivity index (χ0n) is 10.6. The molecule has 0 atom stereocenters. The maximum atomic E-state index is 12.1. The second kappa shape index (κ2) is 5.16. The molecule has 2 aromatic heterocycles. The number of hydrogen-bond acceptors (Lipinski definition) is 6. The smallest absolute Gasteiger partial charge is 0.244 e. The van der Waals surface area contributed by atoms with Gasteiger partial charge in [-0.1, -0.05) is 5.16 Å². The standard InChI is InChI=1S/C11H15N3O4S/c1-7-3-10(18-14-7)6-13-19(15,16)11-4-9(5-12)17-8(11)2/h3-4,13H,5-6,12H2,1-2H3. The van der Waals surface area contributed by atoms with Gasteiger partial charge in [-0.2, -0.15) is 0 Å². The maximum absolute atomic E-state index is 12.1. The van der Waals surface area contributed by atoms with E-state index in [0.29, 0.717) is 23.0 Å². The van der Waals surface area contributed by atoms with Gasteiger partial charge in [0.15, 0.2) is 5.76 Å². The molecule has 0 spiro atoms. The topological polar surface area (TPSA) is 111 Å². The Kier molecular flexibility index (Phi) is 3.74. The molecule has 0 aliphatic carbocycles. The highest BCUT2D eigenvalue weighted by molar-refractivity contribution is 7.89. The highest BCUT2D eigenvalue weighted by atomic mass is 32.2. The van der Waals surface area contributed by atoms with Crippen LogP contribution in [0.25, 0.3) is 0 Å². The Bertz CT molecular complexity index is 672. The predicted molar refractivity (Wildman–Crippen MR) is 66.6 cm³/mol. The van der Waals surface area contributed by atoms with Gasteiger partial charge >= 0.3 is 0 Å². The van der Waals surface area contributed by atoms with Gasteiger partial charge in [0.2, 0.25) is 10.0 Å². The van der Waals surface area contributed by atoms with Crippen LogP contribution in [0.3, 0.4) is 0 Å². The highest BCUT2D eigenvalue weighted by Crippen LogP contribution is 2.19. The number of aryl methyl sites for hydroxylation is 2. The summed E-state index contributed by atoms with van der Waals surface area (Å²) in [6.07, 6.45) is 0. The number of hydrogen-bond donors (Lipinski definition) is 2. The molecule has 0 aliphatic heterocycles. The summed E-state index contributed by atoms with van der Waals surface area (Å²) < 4.78 is 36.8. The molecule has 0 saturated heterocycles. The fourth-order valence-corrected chi connectivity index (χ4v) is 2.83. The first-order valence-corrected chi connectivity index (χ1v) is 7.12. The van der Waals surface area contributed by atoms with Crippen molar-refractivity contribution < 1.29 is 17.4 Å². The zero-order chi connectivity index (χ0) is 14.0. The summed E-state index contributed by atoms with van der Waals surface area (Å²) in [7, 11) is -3.66. The molecule has 0 radical (unpaired) electrons. The van der Waals surface area contributed by atoms with Crippen LogP contribution in [0.2, 0.25) is 0 Å². The van der Waals surface area contributed by atoms with E-state index in [-0.39, 0.29) is 18.0 Å². The number of aromatic nitrogens is 1. The zero-order valence-corrected chi connectivity index (χ0v) is 11.5. The van der Waals surface area contributed by atoms with E-state index < -0.39 is 10.0 Å². The van der Waals surface area contributed by atoms with Crippen LogP contribution in [-0.4, -0.2) is 13.6 Å². The molecule has 104 valence electrons. The molecule has 0 fully saturated rings. The fraction of sp³-hybridized carbons (Fsp3) is 0.364. The van der Waals surface area contributed by atoms with Crippen LogP contribution in [-0.2, 0) is 23.1 Å². The lowest BCUT2D eigenvalue weighted by molar-refractivity contribution is 0.377. The molecule has 0 aliphatic rings. The maximum Gasteiger partial charge on any atom is 0.244 e. The predicted octanol–water partition coefficient (Wildman–Crippen LogP) is 0.822. The van der Waals surface area contributed by atoms with Crippen molar-refractivity contribution >= 4 is 10.0 Å². The van der Waals surface area contributed by atoms with E-state index in [1.807, 2.05) is 0 Å². The third-order valence-electron chi connectivity index (χ3n) is 2.53. The van der Waals surface area contributed by atoms with Crippen LogP contribution in [0.15, 0.2) is 26.0 Å². The van der Waals surface area contributed by atoms with Crippen molar-refractivity contribution in [2.75, 3.05) is 0 Å². The van der Waals surface area contributed by atoms with Gasteiger partial charge in [-0.05, 0) is 13.8 Å². The van der Waals surface area contributed by atoms with Gasteiger partial charge in [-0.15, -0.1) is 0 Å². The second-order valence-corrected chi connectivity index (χ2v) is 5.83. The van der Waals surface area contributed by atoms with Crippen molar-refractivity contribution in [2.24, 2.45) is 5.73 Å². The number of nitrogens with zero attached hydrogens (tertiary/aromatic N) is 1. The van der Waals surface area contributed by atoms with Crippen molar-refractivity contribution in [3.8, 4) is 0 Å². The van der Waals surface area contributed by atoms with Gasteiger partial charge in [0.1, 0.15) is 16.4 Å². The Hall–Kier alpha value is -1.64. The molecule has 8 heteroatoms. The Labute approximate surface area is 110 Å². The van der Waals surface area contributed by atoms with E-state index in [9.17, 15) is 8.42 Å². The molecule has 19 heavy (non-hydrogen) atoms. The summed E-state index contributed by atoms with van der Waals surface area (Å²) in [6, 6.07) is 3.08. The first-order valence-electron chi connectivity index (χ1n) is 5.63. The SMILES string of the molecule is Cc1cc(CNS(=O)(=O)c2cc(CN)oc2C)on1. The van der Waals surface area contributed by atoms with Crippen LogP contribution < -0.4 is 10.5 Å². The van der Waals surface area contributed by atoms with Crippen molar-refractivity contribution in [3.63, 3.8) is 0 Å². The molecular formula is C11H15N3O4S. The van der Waals surface area contributed by atoms with Gasteiger partial charge in [-0.3, -0.25) is 0 Å². The third-order valence-corrected chi connectivity index (χ3v) is 4.04. The quantitative estimate of drug-likeness (QED) is 0.841. The van der Waals surface area contributed by atoms with Crippen LogP contribution in [0.5, 0.6) is 0 Å². The Balaban J connectivity index is 2.15. The summed E-state index contributed by atoms with van der Waals surface area (Å²) >= 11 is 0. The number of sulfonamides is 1. The summed E-state index contributed by atoms with van der Waals surface area (Å²) in [5.41, 5.74) is 6.10. The second-order valence-electron chi connectivity index (χ2n) is 4.10. The Morgan fingerprint density at radius 2 is 2.05 bits per heavy atom. The fourth-order valence-electron chi connectivity index (χ4n) is 1.64. The minimum absolute atomic E-state index is 0.0335. The molecule has 0 aromatic carbocycles. The van der Waals surface area contributed by atoms with Crippen molar-refractivity contribution in [3.05, 3.63) is 35.1 Å². The van der Waals surface area contributed by atoms with Gasteiger partial charge < -0.3 is 14.7 Å². The third kappa shape index (κ3) is 3.03. The number of rotatable bonds is 5. The average molecular weight is 285 g/mol. The summed E-state index contributed by atoms with van der Waals surface area (Å²) in [6.45, 7) is 3.52. The van der Waals surface area contributed by atoms with Crippen LogP contribution in [0, 0.1) is 13.8 Å². The molecule has 2 heterocycles. The highest BCUT2D eigenvalue weighted by Gasteiger charge is 2.21. The summed E-state index contributed by atoms with van der Waals surface area (Å²) in [5, 5.41) is 3.68. The minimum Gasteiger partial charge on any atom is -0.464 e. The van der Waals surface area contributed by atoms with Crippen molar-refractivity contribution in [1.82, 2.24) is 9.88 Å². The first-order chi connectivity index (χ1) is 8.92. The largest absolute Gasteiger partial charge is 0.464 e. The molecular weight excluding hydrogens is 270 g/mol. The molecule has 0 saturated carbocycles. The van der Waals surface area contributed by atoms with Crippen LogP contribution in [0.4, 0.5) is 0 Å². The summed E-state index contributed by atoms with van der Waals surface area (Å²) in [4.78, 5) is 0.0872. The van der Waals surface area contributed by atoms with Gasteiger partial charge in [0, 0.05) is 12.1 Å². The van der Waals surface area contributed by atoms with E-state index in [0.717, 1.165) is 0 Å². The van der Waals surface area contributed by atoms with Crippen molar-refractivity contribution in [1.29, 1.82) is 0 Å².